The predicted octanol–water partition coefficient (Wildman–Crippen LogP) is 3.77. The van der Waals surface area contributed by atoms with E-state index in [-0.39, 0.29) is 0 Å². The van der Waals surface area contributed by atoms with Crippen LogP contribution in [0.25, 0.3) is 0 Å². The molecule has 0 radical (unpaired) electrons. The van der Waals surface area contributed by atoms with Crippen molar-refractivity contribution in [3.05, 3.63) is 11.6 Å². The molecule has 1 saturated heterocycles. The predicted molar refractivity (Wildman–Crippen MR) is 72.2 cm³/mol. The molecule has 0 N–H and O–H groups in total. The van der Waals surface area contributed by atoms with Gasteiger partial charge in [0.05, 0.1) is 13.2 Å². The van der Waals surface area contributed by atoms with Crippen LogP contribution in [0.1, 0.15) is 46.5 Å². The lowest BCUT2D eigenvalue weighted by molar-refractivity contribution is -0.0738. The zero-order valence-electron chi connectivity index (χ0n) is 12.0. The second-order valence-corrected chi connectivity index (χ2v) is 7.30. The molecule has 102 valence electrons. The fourth-order valence-corrected chi connectivity index (χ4v) is 4.85. The zero-order valence-corrected chi connectivity index (χ0v) is 12.0. The third kappa shape index (κ3) is 1.85. The van der Waals surface area contributed by atoms with Crippen LogP contribution in [-0.4, -0.2) is 20.0 Å². The maximum atomic E-state index is 5.68. The minimum Gasteiger partial charge on any atom is -0.355 e. The molecule has 18 heavy (non-hydrogen) atoms. The van der Waals surface area contributed by atoms with Crippen LogP contribution < -0.4 is 0 Å². The first kappa shape index (κ1) is 12.7. The summed E-state index contributed by atoms with van der Waals surface area (Å²) in [7, 11) is 0. The Labute approximate surface area is 111 Å². The maximum Gasteiger partial charge on any atom is 0.147 e. The second-order valence-electron chi connectivity index (χ2n) is 7.30. The Morgan fingerprint density at radius 3 is 2.83 bits per heavy atom. The summed E-state index contributed by atoms with van der Waals surface area (Å²) in [5.41, 5.74) is 2.39. The van der Waals surface area contributed by atoms with Gasteiger partial charge in [0.2, 0.25) is 0 Å². The summed E-state index contributed by atoms with van der Waals surface area (Å²) >= 11 is 0. The van der Waals surface area contributed by atoms with Crippen molar-refractivity contribution in [2.75, 3.05) is 20.0 Å². The number of rotatable bonds is 0. The summed E-state index contributed by atoms with van der Waals surface area (Å²) in [6.07, 6.45) is 7.79. The topological polar surface area (TPSA) is 18.5 Å². The van der Waals surface area contributed by atoms with Gasteiger partial charge in [-0.2, -0.15) is 0 Å². The molecule has 0 amide bonds. The van der Waals surface area contributed by atoms with Crippen molar-refractivity contribution in [1.82, 2.24) is 0 Å². The van der Waals surface area contributed by atoms with Gasteiger partial charge >= 0.3 is 0 Å². The van der Waals surface area contributed by atoms with E-state index in [1.54, 1.807) is 0 Å². The number of ether oxygens (including phenoxy) is 2. The van der Waals surface area contributed by atoms with Crippen LogP contribution >= 0.6 is 0 Å². The summed E-state index contributed by atoms with van der Waals surface area (Å²) in [4.78, 5) is 0. The van der Waals surface area contributed by atoms with Gasteiger partial charge in [0.15, 0.2) is 0 Å². The highest BCUT2D eigenvalue weighted by molar-refractivity contribution is 5.20. The fraction of sp³-hybridized carbons (Fsp3) is 0.875. The Morgan fingerprint density at radius 2 is 2.00 bits per heavy atom. The van der Waals surface area contributed by atoms with Crippen LogP contribution in [0.3, 0.4) is 0 Å². The van der Waals surface area contributed by atoms with Gasteiger partial charge in [0.25, 0.3) is 0 Å². The number of hydrogen-bond donors (Lipinski definition) is 0. The van der Waals surface area contributed by atoms with E-state index in [2.05, 4.69) is 26.8 Å². The standard InChI is InChI=1S/C16H26O2/c1-15(2)7-4-8-16(3)13-10-18-11-17-9-12(13)5-6-14(15)16/h5,13-14H,4,6-11H2,1-3H3/t13-,14+,16-/m1/s1. The minimum absolute atomic E-state index is 0.416. The molecular weight excluding hydrogens is 224 g/mol. The van der Waals surface area contributed by atoms with Gasteiger partial charge in [0.1, 0.15) is 6.79 Å². The fourth-order valence-electron chi connectivity index (χ4n) is 4.85. The van der Waals surface area contributed by atoms with Gasteiger partial charge in [-0.25, -0.2) is 0 Å². The van der Waals surface area contributed by atoms with Crippen molar-refractivity contribution in [2.24, 2.45) is 22.7 Å². The van der Waals surface area contributed by atoms with Gasteiger partial charge in [-0.3, -0.25) is 0 Å². The van der Waals surface area contributed by atoms with Crippen LogP contribution in [0.4, 0.5) is 0 Å². The monoisotopic (exact) mass is 250 g/mol. The van der Waals surface area contributed by atoms with Gasteiger partial charge in [-0.05, 0) is 41.6 Å². The molecule has 0 bridgehead atoms. The highest BCUT2D eigenvalue weighted by Crippen LogP contribution is 2.59. The SMILES string of the molecule is CC1(C)CCC[C@]2(C)[C@@H]3COCOCC3=CC[C@@H]12. The van der Waals surface area contributed by atoms with Gasteiger partial charge in [-0.1, -0.05) is 33.3 Å². The first-order valence-electron chi connectivity index (χ1n) is 7.38. The van der Waals surface area contributed by atoms with E-state index in [1.165, 1.54) is 31.3 Å². The van der Waals surface area contributed by atoms with E-state index in [9.17, 15) is 0 Å². The van der Waals surface area contributed by atoms with Crippen molar-refractivity contribution in [3.63, 3.8) is 0 Å². The summed E-state index contributed by atoms with van der Waals surface area (Å²) in [6.45, 7) is 9.54. The molecule has 0 aromatic carbocycles. The first-order chi connectivity index (χ1) is 8.54. The molecule has 2 nitrogen and oxygen atoms in total. The van der Waals surface area contributed by atoms with Crippen LogP contribution in [-0.2, 0) is 9.47 Å². The molecule has 3 aliphatic rings. The lowest BCUT2D eigenvalue weighted by atomic mass is 9.49. The summed E-state index contributed by atoms with van der Waals surface area (Å²) < 4.78 is 11.2. The van der Waals surface area contributed by atoms with Crippen molar-refractivity contribution in [2.45, 2.75) is 46.5 Å². The smallest absolute Gasteiger partial charge is 0.147 e. The van der Waals surface area contributed by atoms with Gasteiger partial charge in [0, 0.05) is 5.92 Å². The third-order valence-corrected chi connectivity index (χ3v) is 5.86. The third-order valence-electron chi connectivity index (χ3n) is 5.86. The van der Waals surface area contributed by atoms with E-state index < -0.39 is 0 Å². The molecule has 1 heterocycles. The maximum absolute atomic E-state index is 5.68. The Bertz CT molecular complexity index is 358. The van der Waals surface area contributed by atoms with E-state index in [4.69, 9.17) is 9.47 Å². The molecule has 0 aromatic heterocycles. The van der Waals surface area contributed by atoms with E-state index >= 15 is 0 Å². The molecule has 2 fully saturated rings. The van der Waals surface area contributed by atoms with E-state index in [1.807, 2.05) is 0 Å². The highest BCUT2D eigenvalue weighted by atomic mass is 16.7. The summed E-state index contributed by atoms with van der Waals surface area (Å²) in [5, 5.41) is 0. The van der Waals surface area contributed by atoms with Crippen LogP contribution in [0.2, 0.25) is 0 Å². The van der Waals surface area contributed by atoms with Gasteiger partial charge in [-0.15, -0.1) is 0 Å². The quantitative estimate of drug-likeness (QED) is 0.609. The molecular formula is C16H26O2. The van der Waals surface area contributed by atoms with Crippen LogP contribution in [0.5, 0.6) is 0 Å². The van der Waals surface area contributed by atoms with Crippen LogP contribution in [0, 0.1) is 22.7 Å². The zero-order chi connectivity index (χ0) is 12.8. The average molecular weight is 250 g/mol. The Balaban J connectivity index is 1.97. The van der Waals surface area contributed by atoms with Crippen molar-refractivity contribution in [1.29, 1.82) is 0 Å². The molecule has 3 atom stereocenters. The Hall–Kier alpha value is -0.340. The van der Waals surface area contributed by atoms with Crippen molar-refractivity contribution >= 4 is 0 Å². The largest absolute Gasteiger partial charge is 0.355 e. The summed E-state index contributed by atoms with van der Waals surface area (Å²) in [5.74, 6) is 1.38. The molecule has 1 saturated carbocycles. The lowest BCUT2D eigenvalue weighted by Gasteiger charge is -2.56. The van der Waals surface area contributed by atoms with Gasteiger partial charge < -0.3 is 9.47 Å². The molecule has 0 spiro atoms. The molecule has 3 rings (SSSR count). The van der Waals surface area contributed by atoms with Crippen LogP contribution in [0.15, 0.2) is 11.6 Å². The molecule has 1 aliphatic heterocycles. The number of allylic oxidation sites excluding steroid dienone is 1. The highest BCUT2D eigenvalue weighted by Gasteiger charge is 2.52. The Morgan fingerprint density at radius 1 is 1.17 bits per heavy atom. The second kappa shape index (κ2) is 4.35. The molecule has 2 aliphatic carbocycles. The average Bonchev–Trinajstić information content (AvgIpc) is 2.53. The Kier molecular flexibility index (Phi) is 3.06. The lowest BCUT2D eigenvalue weighted by Crippen LogP contribution is -2.49. The van der Waals surface area contributed by atoms with E-state index in [0.717, 1.165) is 19.1 Å². The normalized spacial score (nSPS) is 43.4. The number of hydrogen-bond acceptors (Lipinski definition) is 2. The minimum atomic E-state index is 0.416. The number of fused-ring (bicyclic) bond motifs is 3. The van der Waals surface area contributed by atoms with Crippen molar-refractivity contribution < 1.29 is 9.47 Å². The van der Waals surface area contributed by atoms with Crippen molar-refractivity contribution in [3.8, 4) is 0 Å². The summed E-state index contributed by atoms with van der Waals surface area (Å²) in [6, 6.07) is 0. The molecule has 2 heteroatoms. The molecule has 0 aromatic rings. The first-order valence-corrected chi connectivity index (χ1v) is 7.38. The molecule has 0 unspecified atom stereocenters. The van der Waals surface area contributed by atoms with E-state index in [0.29, 0.717) is 23.5 Å².